The van der Waals surface area contributed by atoms with E-state index in [1.54, 1.807) is 0 Å². The van der Waals surface area contributed by atoms with Crippen molar-refractivity contribution in [2.45, 2.75) is 25.8 Å². The number of ether oxygens (including phenoxy) is 1. The standard InChI is InChI=1S/C17H29N5O2/c1-15(17(23)22-9-11-24-12-10-22)21-7-5-20(6-8-21)4-2-3-16-13-18-19-14-16/h13-15H,2-12H2,1H3,(H,18,19)/t15-/m1/s1. The summed E-state index contributed by atoms with van der Waals surface area (Å²) in [4.78, 5) is 19.4. The fraction of sp³-hybridized carbons (Fsp3) is 0.765. The van der Waals surface area contributed by atoms with Gasteiger partial charge in [0.15, 0.2) is 0 Å². The Bertz CT molecular complexity index is 493. The number of piperazine rings is 1. The van der Waals surface area contributed by atoms with Crippen molar-refractivity contribution in [3.63, 3.8) is 0 Å². The van der Waals surface area contributed by atoms with E-state index in [0.717, 1.165) is 58.7 Å². The van der Waals surface area contributed by atoms with Crippen molar-refractivity contribution in [2.24, 2.45) is 0 Å². The second-order valence-electron chi connectivity index (χ2n) is 6.70. The fourth-order valence-corrected chi connectivity index (χ4v) is 3.50. The molecule has 1 aromatic rings. The number of rotatable bonds is 6. The van der Waals surface area contributed by atoms with Gasteiger partial charge in [-0.3, -0.25) is 14.8 Å². The predicted octanol–water partition coefficient (Wildman–Crippen LogP) is 0.207. The first kappa shape index (κ1) is 17.4. The zero-order valence-corrected chi connectivity index (χ0v) is 14.6. The van der Waals surface area contributed by atoms with Crippen LogP contribution in [0.15, 0.2) is 12.4 Å². The summed E-state index contributed by atoms with van der Waals surface area (Å²) in [5.41, 5.74) is 1.28. The molecule has 134 valence electrons. The fourth-order valence-electron chi connectivity index (χ4n) is 3.50. The Hall–Kier alpha value is -1.44. The Morgan fingerprint density at radius 2 is 2.00 bits per heavy atom. The van der Waals surface area contributed by atoms with E-state index in [9.17, 15) is 4.79 Å². The van der Waals surface area contributed by atoms with Crippen molar-refractivity contribution in [1.29, 1.82) is 0 Å². The summed E-state index contributed by atoms with van der Waals surface area (Å²) in [5, 5.41) is 6.84. The molecule has 2 aliphatic heterocycles. The van der Waals surface area contributed by atoms with Gasteiger partial charge in [-0.15, -0.1) is 0 Å². The Morgan fingerprint density at radius 1 is 1.25 bits per heavy atom. The molecule has 7 heteroatoms. The lowest BCUT2D eigenvalue weighted by Crippen LogP contribution is -2.55. The maximum atomic E-state index is 12.6. The molecule has 0 radical (unpaired) electrons. The molecule has 0 bridgehead atoms. The van der Waals surface area contributed by atoms with E-state index >= 15 is 0 Å². The average molecular weight is 335 g/mol. The van der Waals surface area contributed by atoms with Crippen molar-refractivity contribution in [1.82, 2.24) is 24.9 Å². The first-order chi connectivity index (χ1) is 11.7. The molecule has 24 heavy (non-hydrogen) atoms. The van der Waals surface area contributed by atoms with Crippen LogP contribution in [0.3, 0.4) is 0 Å². The summed E-state index contributed by atoms with van der Waals surface area (Å²) in [6.07, 6.45) is 6.10. The van der Waals surface area contributed by atoms with Crippen LogP contribution in [-0.4, -0.2) is 95.9 Å². The van der Waals surface area contributed by atoms with Crippen molar-refractivity contribution < 1.29 is 9.53 Å². The van der Waals surface area contributed by atoms with Crippen LogP contribution in [-0.2, 0) is 16.0 Å². The Morgan fingerprint density at radius 3 is 2.67 bits per heavy atom. The molecule has 3 rings (SSSR count). The number of nitrogens with zero attached hydrogens (tertiary/aromatic N) is 4. The van der Waals surface area contributed by atoms with E-state index in [1.165, 1.54) is 5.56 Å². The van der Waals surface area contributed by atoms with E-state index in [0.29, 0.717) is 13.2 Å². The minimum absolute atomic E-state index is 0.0174. The molecule has 2 fully saturated rings. The zero-order chi connectivity index (χ0) is 16.8. The molecule has 3 heterocycles. The minimum atomic E-state index is -0.0174. The van der Waals surface area contributed by atoms with Gasteiger partial charge in [-0.1, -0.05) is 0 Å². The molecular formula is C17H29N5O2. The van der Waals surface area contributed by atoms with Crippen LogP contribution in [0.2, 0.25) is 0 Å². The third-order valence-electron chi connectivity index (χ3n) is 5.13. The van der Waals surface area contributed by atoms with Crippen LogP contribution < -0.4 is 0 Å². The smallest absolute Gasteiger partial charge is 0.239 e. The molecule has 7 nitrogen and oxygen atoms in total. The molecule has 0 unspecified atom stereocenters. The number of aryl methyl sites for hydroxylation is 1. The molecule has 1 atom stereocenters. The molecule has 1 N–H and O–H groups in total. The Kier molecular flexibility index (Phi) is 6.23. The number of amides is 1. The lowest BCUT2D eigenvalue weighted by atomic mass is 10.1. The molecule has 0 aromatic carbocycles. The molecule has 2 saturated heterocycles. The topological polar surface area (TPSA) is 64.7 Å². The van der Waals surface area contributed by atoms with Crippen molar-refractivity contribution in [3.8, 4) is 0 Å². The predicted molar refractivity (Wildman–Crippen MR) is 91.8 cm³/mol. The van der Waals surface area contributed by atoms with Gasteiger partial charge in [0.05, 0.1) is 25.5 Å². The van der Waals surface area contributed by atoms with E-state index in [1.807, 2.05) is 24.2 Å². The van der Waals surface area contributed by atoms with Crippen LogP contribution in [0.4, 0.5) is 0 Å². The Labute approximate surface area is 143 Å². The lowest BCUT2D eigenvalue weighted by Gasteiger charge is -2.39. The van der Waals surface area contributed by atoms with E-state index in [2.05, 4.69) is 20.0 Å². The third-order valence-corrected chi connectivity index (χ3v) is 5.13. The van der Waals surface area contributed by atoms with E-state index in [4.69, 9.17) is 4.74 Å². The van der Waals surface area contributed by atoms with Crippen LogP contribution in [0, 0.1) is 0 Å². The largest absolute Gasteiger partial charge is 0.378 e. The molecule has 1 aromatic heterocycles. The van der Waals surface area contributed by atoms with Crippen LogP contribution >= 0.6 is 0 Å². The normalized spacial score (nSPS) is 21.8. The highest BCUT2D eigenvalue weighted by atomic mass is 16.5. The number of hydrogen-bond acceptors (Lipinski definition) is 5. The highest BCUT2D eigenvalue weighted by Crippen LogP contribution is 2.11. The number of carbonyl (C=O) groups is 1. The zero-order valence-electron chi connectivity index (χ0n) is 14.6. The SMILES string of the molecule is C[C@H](C(=O)N1CCOCC1)N1CCN(CCCc2cn[nH]c2)CC1. The van der Waals surface area contributed by atoms with Crippen LogP contribution in [0.1, 0.15) is 18.9 Å². The summed E-state index contributed by atoms with van der Waals surface area (Å²) in [5.74, 6) is 0.256. The minimum Gasteiger partial charge on any atom is -0.378 e. The number of hydrogen-bond donors (Lipinski definition) is 1. The van der Waals surface area contributed by atoms with E-state index < -0.39 is 0 Å². The highest BCUT2D eigenvalue weighted by Gasteiger charge is 2.29. The van der Waals surface area contributed by atoms with Crippen LogP contribution in [0.5, 0.6) is 0 Å². The first-order valence-corrected chi connectivity index (χ1v) is 9.04. The Balaban J connectivity index is 1.37. The maximum Gasteiger partial charge on any atom is 0.239 e. The number of aromatic amines is 1. The van der Waals surface area contributed by atoms with E-state index in [-0.39, 0.29) is 11.9 Å². The second kappa shape index (κ2) is 8.60. The number of carbonyl (C=O) groups excluding carboxylic acids is 1. The van der Waals surface area contributed by atoms with Crippen molar-refractivity contribution in [2.75, 3.05) is 59.0 Å². The van der Waals surface area contributed by atoms with Gasteiger partial charge in [0, 0.05) is 45.5 Å². The molecular weight excluding hydrogens is 306 g/mol. The summed E-state index contributed by atoms with van der Waals surface area (Å²) >= 11 is 0. The first-order valence-electron chi connectivity index (χ1n) is 9.04. The molecule has 0 aliphatic carbocycles. The molecule has 0 saturated carbocycles. The van der Waals surface area contributed by atoms with Gasteiger partial charge >= 0.3 is 0 Å². The summed E-state index contributed by atoms with van der Waals surface area (Å²) in [6, 6.07) is -0.0174. The van der Waals surface area contributed by atoms with Crippen molar-refractivity contribution >= 4 is 5.91 Å². The maximum absolute atomic E-state index is 12.6. The molecule has 1 amide bonds. The van der Waals surface area contributed by atoms with Gasteiger partial charge in [0.2, 0.25) is 5.91 Å². The molecule has 2 aliphatic rings. The molecule has 0 spiro atoms. The van der Waals surface area contributed by atoms with Gasteiger partial charge in [0.1, 0.15) is 0 Å². The quantitative estimate of drug-likeness (QED) is 0.805. The number of morpholine rings is 1. The summed E-state index contributed by atoms with van der Waals surface area (Å²) in [7, 11) is 0. The van der Waals surface area contributed by atoms with Gasteiger partial charge < -0.3 is 14.5 Å². The van der Waals surface area contributed by atoms with Gasteiger partial charge in [-0.05, 0) is 31.9 Å². The van der Waals surface area contributed by atoms with Gasteiger partial charge in [-0.2, -0.15) is 5.10 Å². The van der Waals surface area contributed by atoms with Gasteiger partial charge in [-0.25, -0.2) is 0 Å². The van der Waals surface area contributed by atoms with Crippen molar-refractivity contribution in [3.05, 3.63) is 18.0 Å². The number of aromatic nitrogens is 2. The summed E-state index contributed by atoms with van der Waals surface area (Å²) < 4.78 is 5.33. The third kappa shape index (κ3) is 4.55. The average Bonchev–Trinajstić information content (AvgIpc) is 3.15. The number of H-pyrrole nitrogens is 1. The van der Waals surface area contributed by atoms with Crippen LogP contribution in [0.25, 0.3) is 0 Å². The highest BCUT2D eigenvalue weighted by molar-refractivity contribution is 5.81. The number of nitrogens with one attached hydrogen (secondary N) is 1. The second-order valence-corrected chi connectivity index (χ2v) is 6.70. The summed E-state index contributed by atoms with van der Waals surface area (Å²) in [6.45, 7) is 10.0. The van der Waals surface area contributed by atoms with Gasteiger partial charge in [0.25, 0.3) is 0 Å². The lowest BCUT2D eigenvalue weighted by molar-refractivity contribution is -0.141. The monoisotopic (exact) mass is 335 g/mol.